The van der Waals surface area contributed by atoms with Crippen molar-refractivity contribution >= 4 is 34.3 Å². The molecule has 0 fully saturated rings. The molecule has 0 aliphatic rings. The van der Waals surface area contributed by atoms with Gasteiger partial charge in [0.1, 0.15) is 17.4 Å². The molecule has 6 heteroatoms. The van der Waals surface area contributed by atoms with Crippen LogP contribution in [-0.2, 0) is 0 Å². The summed E-state index contributed by atoms with van der Waals surface area (Å²) >= 11 is 1.96. The Labute approximate surface area is 116 Å². The van der Waals surface area contributed by atoms with Gasteiger partial charge in [-0.1, -0.05) is 0 Å². The Morgan fingerprint density at radius 3 is 2.72 bits per heavy atom. The van der Waals surface area contributed by atoms with E-state index in [1.54, 1.807) is 12.1 Å². The first-order valence-electron chi connectivity index (χ1n) is 4.97. The minimum Gasteiger partial charge on any atom is -0.507 e. The van der Waals surface area contributed by atoms with Crippen LogP contribution in [0.4, 0.5) is 10.2 Å². The van der Waals surface area contributed by atoms with Gasteiger partial charge in [-0.2, -0.15) is 0 Å². The number of anilines is 1. The zero-order valence-electron chi connectivity index (χ0n) is 9.02. The molecule has 0 aliphatic carbocycles. The van der Waals surface area contributed by atoms with E-state index < -0.39 is 11.7 Å². The van der Waals surface area contributed by atoms with E-state index in [9.17, 15) is 14.3 Å². The second-order valence-electron chi connectivity index (χ2n) is 3.48. The van der Waals surface area contributed by atoms with Gasteiger partial charge in [0, 0.05) is 5.56 Å². The maximum absolute atomic E-state index is 12.6. The van der Waals surface area contributed by atoms with Crippen molar-refractivity contribution in [3.63, 3.8) is 0 Å². The number of aromatic hydroxyl groups is 1. The quantitative estimate of drug-likeness (QED) is 0.812. The molecule has 2 N–H and O–H groups in total. The van der Waals surface area contributed by atoms with Crippen molar-refractivity contribution in [1.29, 1.82) is 0 Å². The van der Waals surface area contributed by atoms with E-state index in [-0.39, 0.29) is 11.6 Å². The predicted octanol–water partition coefficient (Wildman–Crippen LogP) is 2.78. The summed E-state index contributed by atoms with van der Waals surface area (Å²) in [5.41, 5.74) is 0.305. The van der Waals surface area contributed by atoms with Crippen molar-refractivity contribution < 1.29 is 14.3 Å². The summed E-state index contributed by atoms with van der Waals surface area (Å²) in [5, 5.41) is 12.0. The third kappa shape index (κ3) is 2.95. The summed E-state index contributed by atoms with van der Waals surface area (Å²) < 4.78 is 13.3. The number of halogens is 2. The Morgan fingerprint density at radius 2 is 2.11 bits per heavy atom. The highest BCUT2D eigenvalue weighted by Gasteiger charge is 2.09. The Hall–Kier alpha value is -1.70. The molecule has 1 aromatic carbocycles. The monoisotopic (exact) mass is 358 g/mol. The van der Waals surface area contributed by atoms with Crippen LogP contribution in [0.2, 0.25) is 0 Å². The van der Waals surface area contributed by atoms with Crippen LogP contribution in [0.3, 0.4) is 0 Å². The molecule has 2 aromatic rings. The molecule has 1 heterocycles. The number of carbonyl (C=O) groups excluding carboxylic acids is 1. The van der Waals surface area contributed by atoms with Crippen LogP contribution < -0.4 is 5.32 Å². The van der Waals surface area contributed by atoms with Gasteiger partial charge in [-0.05, 0) is 52.9 Å². The molecule has 0 radical (unpaired) electrons. The van der Waals surface area contributed by atoms with E-state index in [2.05, 4.69) is 10.3 Å². The maximum atomic E-state index is 12.6. The van der Waals surface area contributed by atoms with E-state index in [1.807, 2.05) is 22.6 Å². The molecule has 1 aromatic heterocycles. The number of aromatic nitrogens is 1. The topological polar surface area (TPSA) is 62.2 Å². The highest BCUT2D eigenvalue weighted by Crippen LogP contribution is 2.20. The molecule has 92 valence electrons. The molecule has 0 saturated carbocycles. The van der Waals surface area contributed by atoms with E-state index >= 15 is 0 Å². The van der Waals surface area contributed by atoms with Gasteiger partial charge < -0.3 is 10.4 Å². The number of hydrogen-bond donors (Lipinski definition) is 2. The molecule has 0 atom stereocenters. The van der Waals surface area contributed by atoms with Crippen LogP contribution >= 0.6 is 22.6 Å². The molecule has 0 unspecified atom stereocenters. The number of hydrogen-bond acceptors (Lipinski definition) is 3. The third-order valence-corrected chi connectivity index (χ3v) is 3.09. The van der Waals surface area contributed by atoms with Gasteiger partial charge >= 0.3 is 0 Å². The van der Waals surface area contributed by atoms with Crippen molar-refractivity contribution in [3.05, 3.63) is 51.5 Å². The van der Waals surface area contributed by atoms with Crippen molar-refractivity contribution in [1.82, 2.24) is 4.98 Å². The second-order valence-corrected chi connectivity index (χ2v) is 4.64. The Morgan fingerprint density at radius 1 is 1.33 bits per heavy atom. The Kier molecular flexibility index (Phi) is 3.75. The van der Waals surface area contributed by atoms with E-state index in [4.69, 9.17) is 0 Å². The average Bonchev–Trinajstić information content (AvgIpc) is 2.35. The third-order valence-electron chi connectivity index (χ3n) is 2.18. The van der Waals surface area contributed by atoms with Crippen molar-refractivity contribution in [2.24, 2.45) is 0 Å². The van der Waals surface area contributed by atoms with Crippen molar-refractivity contribution in [2.75, 3.05) is 5.32 Å². The summed E-state index contributed by atoms with van der Waals surface area (Å²) in [5.74, 6) is -0.601. The standard InChI is InChI=1S/C12H8FIN2O2/c13-8-2-4-11(15-6-8)16-12(18)7-1-3-9(14)10(17)5-7/h1-6,17H,(H,15,16,18). The highest BCUT2D eigenvalue weighted by molar-refractivity contribution is 14.1. The lowest BCUT2D eigenvalue weighted by Crippen LogP contribution is -2.12. The number of nitrogens with zero attached hydrogens (tertiary/aromatic N) is 1. The number of carbonyl (C=O) groups is 1. The number of amides is 1. The van der Waals surface area contributed by atoms with Crippen LogP contribution in [0.1, 0.15) is 10.4 Å². The maximum Gasteiger partial charge on any atom is 0.256 e. The molecule has 0 aliphatic heterocycles. The van der Waals surface area contributed by atoms with Crippen molar-refractivity contribution in [2.45, 2.75) is 0 Å². The van der Waals surface area contributed by atoms with Gasteiger partial charge in [0.2, 0.25) is 0 Å². The lowest BCUT2D eigenvalue weighted by atomic mass is 10.2. The number of phenolic OH excluding ortho intramolecular Hbond substituents is 1. The number of benzene rings is 1. The van der Waals surface area contributed by atoms with Gasteiger partial charge in [0.25, 0.3) is 5.91 Å². The molecule has 0 spiro atoms. The number of pyridine rings is 1. The van der Waals surface area contributed by atoms with E-state index in [0.717, 1.165) is 6.20 Å². The first kappa shape index (κ1) is 12.7. The largest absolute Gasteiger partial charge is 0.507 e. The summed E-state index contributed by atoms with van der Waals surface area (Å²) in [6, 6.07) is 7.14. The Bertz CT molecular complexity index is 587. The molecule has 1 amide bonds. The summed E-state index contributed by atoms with van der Waals surface area (Å²) in [7, 11) is 0. The Balaban J connectivity index is 2.16. The van der Waals surface area contributed by atoms with Gasteiger partial charge in [0.15, 0.2) is 0 Å². The lowest BCUT2D eigenvalue weighted by molar-refractivity contribution is 0.102. The zero-order valence-corrected chi connectivity index (χ0v) is 11.2. The fourth-order valence-corrected chi connectivity index (χ4v) is 1.63. The van der Waals surface area contributed by atoms with E-state index in [1.165, 1.54) is 18.2 Å². The second kappa shape index (κ2) is 5.30. The van der Waals surface area contributed by atoms with Crippen LogP contribution in [0.5, 0.6) is 5.75 Å². The normalized spacial score (nSPS) is 10.1. The molecule has 2 rings (SSSR count). The van der Waals surface area contributed by atoms with E-state index in [0.29, 0.717) is 9.13 Å². The fraction of sp³-hybridized carbons (Fsp3) is 0. The molecule has 18 heavy (non-hydrogen) atoms. The molecular formula is C12H8FIN2O2. The molecule has 0 saturated heterocycles. The van der Waals surface area contributed by atoms with Gasteiger partial charge in [-0.25, -0.2) is 9.37 Å². The minimum absolute atomic E-state index is 0.0373. The summed E-state index contributed by atoms with van der Waals surface area (Å²) in [6.45, 7) is 0. The zero-order chi connectivity index (χ0) is 13.1. The average molecular weight is 358 g/mol. The van der Waals surface area contributed by atoms with Gasteiger partial charge in [-0.3, -0.25) is 4.79 Å². The van der Waals surface area contributed by atoms with Crippen molar-refractivity contribution in [3.8, 4) is 5.75 Å². The first-order valence-corrected chi connectivity index (χ1v) is 6.05. The summed E-state index contributed by atoms with van der Waals surface area (Å²) in [4.78, 5) is 15.5. The van der Waals surface area contributed by atoms with Crippen LogP contribution in [0.25, 0.3) is 0 Å². The molecule has 0 bridgehead atoms. The highest BCUT2D eigenvalue weighted by atomic mass is 127. The number of phenols is 1. The van der Waals surface area contributed by atoms with Crippen LogP contribution in [0, 0.1) is 9.39 Å². The smallest absolute Gasteiger partial charge is 0.256 e. The fourth-order valence-electron chi connectivity index (χ4n) is 1.29. The van der Waals surface area contributed by atoms with Crippen LogP contribution in [0.15, 0.2) is 36.5 Å². The van der Waals surface area contributed by atoms with Crippen LogP contribution in [-0.4, -0.2) is 16.0 Å². The first-order chi connectivity index (χ1) is 8.56. The van der Waals surface area contributed by atoms with Gasteiger partial charge in [-0.15, -0.1) is 0 Å². The number of nitrogens with one attached hydrogen (secondary N) is 1. The SMILES string of the molecule is O=C(Nc1ccc(F)cn1)c1ccc(I)c(O)c1. The lowest BCUT2D eigenvalue weighted by Gasteiger charge is -2.05. The molecular weight excluding hydrogens is 350 g/mol. The predicted molar refractivity (Wildman–Crippen MR) is 73.0 cm³/mol. The number of rotatable bonds is 2. The summed E-state index contributed by atoms with van der Waals surface area (Å²) in [6.07, 6.45) is 1.01. The molecule has 4 nitrogen and oxygen atoms in total. The minimum atomic E-state index is -0.472. The van der Waals surface area contributed by atoms with Gasteiger partial charge in [0.05, 0.1) is 9.77 Å².